The molecule has 4 nitrogen and oxygen atoms in total. The molecule has 1 fully saturated rings. The van der Waals surface area contributed by atoms with Crippen LogP contribution in [0.2, 0.25) is 0 Å². The largest absolute Gasteiger partial charge is 0.341 e. The monoisotopic (exact) mass is 248 g/mol. The molecule has 1 saturated heterocycles. The maximum Gasteiger partial charge on any atom is 0.225 e. The number of anilines is 1. The molecule has 1 aromatic heterocycles. The van der Waals surface area contributed by atoms with Gasteiger partial charge in [0, 0.05) is 25.8 Å². The van der Waals surface area contributed by atoms with Gasteiger partial charge in [0.25, 0.3) is 0 Å². The topological polar surface area (TPSA) is 55.0 Å². The molecule has 0 spiro atoms. The van der Waals surface area contributed by atoms with Gasteiger partial charge in [0.05, 0.1) is 5.69 Å². The van der Waals surface area contributed by atoms with Crippen molar-refractivity contribution < 1.29 is 0 Å². The van der Waals surface area contributed by atoms with Crippen LogP contribution in [-0.4, -0.2) is 23.1 Å². The average Bonchev–Trinajstić information content (AvgIpc) is 2.65. The highest BCUT2D eigenvalue weighted by atomic mass is 15.2. The van der Waals surface area contributed by atoms with Crippen LogP contribution in [-0.2, 0) is 6.54 Å². The third-order valence-corrected chi connectivity index (χ3v) is 3.74. The van der Waals surface area contributed by atoms with E-state index >= 15 is 0 Å². The van der Waals surface area contributed by atoms with E-state index in [0.717, 1.165) is 30.6 Å². The van der Waals surface area contributed by atoms with Crippen molar-refractivity contribution in [1.82, 2.24) is 9.97 Å². The standard InChI is InChI=1S/C14H24N4/c1-2-4-12-5-3-9-18(10-7-12)14-16-8-6-13(11-15)17-14/h6,8,12H,2-5,7,9-11,15H2,1H3. The first-order chi connectivity index (χ1) is 8.83. The number of nitrogens with two attached hydrogens (primary N) is 1. The number of aromatic nitrogens is 2. The van der Waals surface area contributed by atoms with Gasteiger partial charge in [0.2, 0.25) is 5.95 Å². The van der Waals surface area contributed by atoms with Crippen LogP contribution >= 0.6 is 0 Å². The molecule has 0 bridgehead atoms. The Morgan fingerprint density at radius 2 is 2.28 bits per heavy atom. The number of hydrogen-bond donors (Lipinski definition) is 1. The second-order valence-corrected chi connectivity index (χ2v) is 5.12. The molecule has 2 N–H and O–H groups in total. The van der Waals surface area contributed by atoms with Crippen LogP contribution in [0.5, 0.6) is 0 Å². The normalized spacial score (nSPS) is 20.8. The molecule has 1 atom stereocenters. The summed E-state index contributed by atoms with van der Waals surface area (Å²) >= 11 is 0. The summed E-state index contributed by atoms with van der Waals surface area (Å²) in [5.41, 5.74) is 6.56. The van der Waals surface area contributed by atoms with Crippen LogP contribution in [0.4, 0.5) is 5.95 Å². The minimum Gasteiger partial charge on any atom is -0.341 e. The Hall–Kier alpha value is -1.16. The number of hydrogen-bond acceptors (Lipinski definition) is 4. The molecule has 100 valence electrons. The van der Waals surface area contributed by atoms with Crippen molar-refractivity contribution in [2.75, 3.05) is 18.0 Å². The summed E-state index contributed by atoms with van der Waals surface area (Å²) in [4.78, 5) is 11.2. The van der Waals surface area contributed by atoms with Crippen molar-refractivity contribution in [2.45, 2.75) is 45.6 Å². The summed E-state index contributed by atoms with van der Waals surface area (Å²) in [5, 5.41) is 0. The lowest BCUT2D eigenvalue weighted by Crippen LogP contribution is -2.26. The molecule has 4 heteroatoms. The Morgan fingerprint density at radius 1 is 1.39 bits per heavy atom. The van der Waals surface area contributed by atoms with Crippen molar-refractivity contribution in [3.63, 3.8) is 0 Å². The predicted octanol–water partition coefficient (Wildman–Crippen LogP) is 2.34. The minimum atomic E-state index is 0.488. The zero-order valence-corrected chi connectivity index (χ0v) is 11.3. The summed E-state index contributed by atoms with van der Waals surface area (Å²) in [5.74, 6) is 1.74. The highest BCUT2D eigenvalue weighted by Crippen LogP contribution is 2.23. The maximum atomic E-state index is 5.63. The molecule has 1 aliphatic rings. The van der Waals surface area contributed by atoms with Gasteiger partial charge in [-0.2, -0.15) is 0 Å². The summed E-state index contributed by atoms with van der Waals surface area (Å²) < 4.78 is 0. The predicted molar refractivity (Wildman–Crippen MR) is 74.4 cm³/mol. The van der Waals surface area contributed by atoms with Crippen LogP contribution in [0, 0.1) is 5.92 Å². The Balaban J connectivity index is 2.00. The lowest BCUT2D eigenvalue weighted by Gasteiger charge is -2.20. The van der Waals surface area contributed by atoms with Crippen LogP contribution in [0.15, 0.2) is 12.3 Å². The van der Waals surface area contributed by atoms with Crippen molar-refractivity contribution >= 4 is 5.95 Å². The van der Waals surface area contributed by atoms with Gasteiger partial charge in [-0.1, -0.05) is 19.8 Å². The molecule has 1 unspecified atom stereocenters. The smallest absolute Gasteiger partial charge is 0.225 e. The Kier molecular flexibility index (Phi) is 4.93. The molecule has 0 aliphatic carbocycles. The molecule has 0 saturated carbocycles. The Labute approximate surface area is 110 Å². The SMILES string of the molecule is CCCC1CCCN(c2nccc(CN)n2)CC1. The molecular formula is C14H24N4. The lowest BCUT2D eigenvalue weighted by molar-refractivity contribution is 0.435. The molecule has 2 rings (SSSR count). The highest BCUT2D eigenvalue weighted by Gasteiger charge is 2.18. The third-order valence-electron chi connectivity index (χ3n) is 3.74. The lowest BCUT2D eigenvalue weighted by atomic mass is 9.96. The van der Waals surface area contributed by atoms with E-state index in [1.54, 1.807) is 0 Å². The Morgan fingerprint density at radius 3 is 3.06 bits per heavy atom. The minimum absolute atomic E-state index is 0.488. The fourth-order valence-electron chi connectivity index (χ4n) is 2.71. The first-order valence-electron chi connectivity index (χ1n) is 7.10. The summed E-state index contributed by atoms with van der Waals surface area (Å²) in [7, 11) is 0. The average molecular weight is 248 g/mol. The van der Waals surface area contributed by atoms with Crippen molar-refractivity contribution in [3.05, 3.63) is 18.0 Å². The second-order valence-electron chi connectivity index (χ2n) is 5.12. The van der Waals surface area contributed by atoms with Gasteiger partial charge >= 0.3 is 0 Å². The van der Waals surface area contributed by atoms with Gasteiger partial charge in [0.15, 0.2) is 0 Å². The van der Waals surface area contributed by atoms with Crippen LogP contribution < -0.4 is 10.6 Å². The van der Waals surface area contributed by atoms with E-state index < -0.39 is 0 Å². The van der Waals surface area contributed by atoms with Crippen molar-refractivity contribution in [1.29, 1.82) is 0 Å². The first kappa shape index (κ1) is 13.3. The molecule has 2 heterocycles. The first-order valence-corrected chi connectivity index (χ1v) is 7.10. The van der Waals surface area contributed by atoms with Gasteiger partial charge in [-0.05, 0) is 31.2 Å². The van der Waals surface area contributed by atoms with Crippen molar-refractivity contribution in [2.24, 2.45) is 11.7 Å². The summed E-state index contributed by atoms with van der Waals surface area (Å²) in [6, 6.07) is 1.89. The Bertz CT molecular complexity index is 367. The highest BCUT2D eigenvalue weighted by molar-refractivity contribution is 5.30. The number of rotatable bonds is 4. The van der Waals surface area contributed by atoms with E-state index in [9.17, 15) is 0 Å². The molecule has 1 aromatic rings. The summed E-state index contributed by atoms with van der Waals surface area (Å²) in [6.07, 6.45) is 8.34. The molecule has 1 aliphatic heterocycles. The molecule has 0 amide bonds. The van der Waals surface area contributed by atoms with Crippen LogP contribution in [0.25, 0.3) is 0 Å². The van der Waals surface area contributed by atoms with Gasteiger partial charge in [-0.15, -0.1) is 0 Å². The zero-order chi connectivity index (χ0) is 12.8. The quantitative estimate of drug-likeness (QED) is 0.888. The van der Waals surface area contributed by atoms with E-state index in [-0.39, 0.29) is 0 Å². The van der Waals surface area contributed by atoms with E-state index in [1.165, 1.54) is 32.1 Å². The van der Waals surface area contributed by atoms with E-state index in [0.29, 0.717) is 6.54 Å². The van der Waals surface area contributed by atoms with Crippen LogP contribution in [0.3, 0.4) is 0 Å². The fraction of sp³-hybridized carbons (Fsp3) is 0.714. The van der Waals surface area contributed by atoms with Gasteiger partial charge in [-0.3, -0.25) is 0 Å². The maximum absolute atomic E-state index is 5.63. The van der Waals surface area contributed by atoms with E-state index in [4.69, 9.17) is 5.73 Å². The van der Waals surface area contributed by atoms with Crippen LogP contribution in [0.1, 0.15) is 44.7 Å². The molecule has 0 aromatic carbocycles. The second kappa shape index (κ2) is 6.69. The van der Waals surface area contributed by atoms with E-state index in [2.05, 4.69) is 21.8 Å². The van der Waals surface area contributed by atoms with Gasteiger partial charge in [-0.25, -0.2) is 9.97 Å². The summed E-state index contributed by atoms with van der Waals surface area (Å²) in [6.45, 7) is 4.92. The number of nitrogens with zero attached hydrogens (tertiary/aromatic N) is 3. The molecular weight excluding hydrogens is 224 g/mol. The molecule has 0 radical (unpaired) electrons. The van der Waals surface area contributed by atoms with E-state index in [1.807, 2.05) is 12.3 Å². The molecule has 18 heavy (non-hydrogen) atoms. The third kappa shape index (κ3) is 3.42. The fourth-order valence-corrected chi connectivity index (χ4v) is 2.71. The van der Waals surface area contributed by atoms with Gasteiger partial charge < -0.3 is 10.6 Å². The zero-order valence-electron chi connectivity index (χ0n) is 11.3. The van der Waals surface area contributed by atoms with Crippen molar-refractivity contribution in [3.8, 4) is 0 Å². The van der Waals surface area contributed by atoms with Gasteiger partial charge in [0.1, 0.15) is 0 Å².